The van der Waals surface area contributed by atoms with Crippen molar-refractivity contribution in [2.45, 2.75) is 46.5 Å². The molecule has 0 saturated carbocycles. The molecular weight excluding hydrogens is 152 g/mol. The molecule has 2 atom stereocenters. The normalized spacial score (nSPS) is 15.6. The van der Waals surface area contributed by atoms with Gasteiger partial charge in [0.2, 0.25) is 0 Å². The highest BCUT2D eigenvalue weighted by molar-refractivity contribution is 5.69. The van der Waals surface area contributed by atoms with Crippen molar-refractivity contribution in [3.8, 4) is 0 Å². The summed E-state index contributed by atoms with van der Waals surface area (Å²) >= 11 is 0. The van der Waals surface area contributed by atoms with Crippen LogP contribution >= 0.6 is 0 Å². The van der Waals surface area contributed by atoms with Crippen LogP contribution in [-0.2, 0) is 4.79 Å². The molecule has 0 unspecified atom stereocenters. The lowest BCUT2D eigenvalue weighted by Gasteiger charge is -2.12. The number of carboxylic acid groups (broad SMARTS) is 1. The van der Waals surface area contributed by atoms with E-state index in [1.807, 2.05) is 6.92 Å². The van der Waals surface area contributed by atoms with Crippen LogP contribution in [-0.4, -0.2) is 11.1 Å². The van der Waals surface area contributed by atoms with Crippen molar-refractivity contribution < 1.29 is 9.90 Å². The summed E-state index contributed by atoms with van der Waals surface area (Å²) in [6.07, 6.45) is 3.78. The number of aliphatic carboxylic acids is 1. The molecule has 0 aliphatic rings. The van der Waals surface area contributed by atoms with Crippen molar-refractivity contribution >= 4 is 5.97 Å². The van der Waals surface area contributed by atoms with Gasteiger partial charge in [0.15, 0.2) is 0 Å². The van der Waals surface area contributed by atoms with E-state index < -0.39 is 5.97 Å². The summed E-state index contributed by atoms with van der Waals surface area (Å²) in [6.45, 7) is 6.26. The predicted molar refractivity (Wildman–Crippen MR) is 50.1 cm³/mol. The highest BCUT2D eigenvalue weighted by Crippen LogP contribution is 2.17. The number of hydrogen-bond donors (Lipinski definition) is 1. The molecule has 0 saturated heterocycles. The fourth-order valence-electron chi connectivity index (χ4n) is 1.19. The van der Waals surface area contributed by atoms with Gasteiger partial charge >= 0.3 is 5.97 Å². The molecule has 0 spiro atoms. The largest absolute Gasteiger partial charge is 0.481 e. The minimum absolute atomic E-state index is 0.126. The van der Waals surface area contributed by atoms with E-state index in [0.717, 1.165) is 25.7 Å². The van der Waals surface area contributed by atoms with Gasteiger partial charge in [-0.3, -0.25) is 4.79 Å². The standard InChI is InChI=1S/C10H20O2/c1-4-8(3)6-7-9(5-2)10(11)12/h8-9H,4-7H2,1-3H3,(H,11,12)/t8-,9-/m0/s1. The zero-order chi connectivity index (χ0) is 9.56. The van der Waals surface area contributed by atoms with Crippen molar-refractivity contribution in [3.63, 3.8) is 0 Å². The Morgan fingerprint density at radius 3 is 2.17 bits per heavy atom. The Labute approximate surface area is 75.0 Å². The molecule has 12 heavy (non-hydrogen) atoms. The Hall–Kier alpha value is -0.530. The summed E-state index contributed by atoms with van der Waals surface area (Å²) in [6, 6.07) is 0. The zero-order valence-corrected chi connectivity index (χ0v) is 8.34. The quantitative estimate of drug-likeness (QED) is 0.668. The molecule has 2 heteroatoms. The maximum atomic E-state index is 10.6. The summed E-state index contributed by atoms with van der Waals surface area (Å²) < 4.78 is 0. The van der Waals surface area contributed by atoms with E-state index in [4.69, 9.17) is 5.11 Å². The first-order valence-electron chi connectivity index (χ1n) is 4.84. The van der Waals surface area contributed by atoms with E-state index in [1.165, 1.54) is 0 Å². The molecule has 0 aliphatic heterocycles. The van der Waals surface area contributed by atoms with E-state index in [2.05, 4.69) is 13.8 Å². The average molecular weight is 172 g/mol. The Morgan fingerprint density at radius 2 is 1.83 bits per heavy atom. The van der Waals surface area contributed by atoms with Crippen LogP contribution in [0.1, 0.15) is 46.5 Å². The Kier molecular flexibility index (Phi) is 5.77. The Morgan fingerprint density at radius 1 is 1.25 bits per heavy atom. The van der Waals surface area contributed by atoms with Gasteiger partial charge in [-0.1, -0.05) is 27.2 Å². The molecule has 0 heterocycles. The minimum atomic E-state index is -0.638. The van der Waals surface area contributed by atoms with Gasteiger partial charge in [0, 0.05) is 0 Å². The summed E-state index contributed by atoms with van der Waals surface area (Å²) in [5.74, 6) is -0.0989. The monoisotopic (exact) mass is 172 g/mol. The van der Waals surface area contributed by atoms with Gasteiger partial charge in [-0.2, -0.15) is 0 Å². The number of rotatable bonds is 6. The van der Waals surface area contributed by atoms with Crippen molar-refractivity contribution in [2.24, 2.45) is 11.8 Å². The second-order valence-electron chi connectivity index (χ2n) is 3.53. The third-order valence-electron chi connectivity index (χ3n) is 2.55. The molecular formula is C10H20O2. The molecule has 0 aliphatic carbocycles. The van der Waals surface area contributed by atoms with Gasteiger partial charge in [0.1, 0.15) is 0 Å². The fourth-order valence-corrected chi connectivity index (χ4v) is 1.19. The summed E-state index contributed by atoms with van der Waals surface area (Å²) in [5.41, 5.74) is 0. The van der Waals surface area contributed by atoms with E-state index in [0.29, 0.717) is 5.92 Å². The molecule has 1 N–H and O–H groups in total. The van der Waals surface area contributed by atoms with Crippen LogP contribution in [0.25, 0.3) is 0 Å². The van der Waals surface area contributed by atoms with Crippen LogP contribution in [0.5, 0.6) is 0 Å². The van der Waals surface area contributed by atoms with Gasteiger partial charge in [-0.05, 0) is 25.2 Å². The first-order chi connectivity index (χ1) is 5.61. The zero-order valence-electron chi connectivity index (χ0n) is 8.34. The van der Waals surface area contributed by atoms with E-state index in [1.54, 1.807) is 0 Å². The lowest BCUT2D eigenvalue weighted by Crippen LogP contribution is -2.13. The van der Waals surface area contributed by atoms with E-state index in [9.17, 15) is 4.79 Å². The maximum Gasteiger partial charge on any atom is 0.306 e. The van der Waals surface area contributed by atoms with Crippen LogP contribution < -0.4 is 0 Å². The Bertz CT molecular complexity index is 132. The second-order valence-corrected chi connectivity index (χ2v) is 3.53. The molecule has 0 aromatic carbocycles. The van der Waals surface area contributed by atoms with Gasteiger partial charge in [0.05, 0.1) is 5.92 Å². The van der Waals surface area contributed by atoms with Gasteiger partial charge in [-0.25, -0.2) is 0 Å². The molecule has 0 radical (unpaired) electrons. The van der Waals surface area contributed by atoms with E-state index in [-0.39, 0.29) is 5.92 Å². The number of carboxylic acids is 1. The fraction of sp³-hybridized carbons (Fsp3) is 0.900. The third kappa shape index (κ3) is 4.37. The lowest BCUT2D eigenvalue weighted by molar-refractivity contribution is -0.142. The predicted octanol–water partition coefficient (Wildman–Crippen LogP) is 2.92. The van der Waals surface area contributed by atoms with Gasteiger partial charge in [-0.15, -0.1) is 0 Å². The highest BCUT2D eigenvalue weighted by Gasteiger charge is 2.15. The van der Waals surface area contributed by atoms with Gasteiger partial charge in [0.25, 0.3) is 0 Å². The van der Waals surface area contributed by atoms with Crippen LogP contribution in [0, 0.1) is 11.8 Å². The van der Waals surface area contributed by atoms with Crippen LogP contribution in [0.2, 0.25) is 0 Å². The molecule has 0 rings (SSSR count). The molecule has 2 nitrogen and oxygen atoms in total. The molecule has 0 aromatic heterocycles. The third-order valence-corrected chi connectivity index (χ3v) is 2.55. The average Bonchev–Trinajstić information content (AvgIpc) is 2.04. The van der Waals surface area contributed by atoms with E-state index >= 15 is 0 Å². The number of carbonyl (C=O) groups is 1. The Balaban J connectivity index is 3.65. The lowest BCUT2D eigenvalue weighted by atomic mass is 9.94. The van der Waals surface area contributed by atoms with Crippen LogP contribution in [0.4, 0.5) is 0 Å². The smallest absolute Gasteiger partial charge is 0.306 e. The molecule has 72 valence electrons. The summed E-state index contributed by atoms with van der Waals surface area (Å²) in [7, 11) is 0. The first kappa shape index (κ1) is 11.5. The maximum absolute atomic E-state index is 10.6. The molecule has 0 aromatic rings. The molecule has 0 fully saturated rings. The minimum Gasteiger partial charge on any atom is -0.481 e. The SMILES string of the molecule is CC[C@H](C)CC[C@H](CC)C(=O)O. The van der Waals surface area contributed by atoms with Crippen LogP contribution in [0.3, 0.4) is 0 Å². The van der Waals surface area contributed by atoms with Crippen molar-refractivity contribution in [3.05, 3.63) is 0 Å². The van der Waals surface area contributed by atoms with Crippen molar-refractivity contribution in [1.29, 1.82) is 0 Å². The first-order valence-corrected chi connectivity index (χ1v) is 4.84. The van der Waals surface area contributed by atoms with Crippen molar-refractivity contribution in [1.82, 2.24) is 0 Å². The van der Waals surface area contributed by atoms with Gasteiger partial charge < -0.3 is 5.11 Å². The summed E-state index contributed by atoms with van der Waals surface area (Å²) in [4.78, 5) is 10.6. The molecule has 0 bridgehead atoms. The molecule has 0 amide bonds. The second kappa shape index (κ2) is 6.04. The highest BCUT2D eigenvalue weighted by atomic mass is 16.4. The topological polar surface area (TPSA) is 37.3 Å². The summed E-state index contributed by atoms with van der Waals surface area (Å²) in [5, 5.41) is 8.76. The van der Waals surface area contributed by atoms with Crippen molar-refractivity contribution in [2.75, 3.05) is 0 Å². The number of hydrogen-bond acceptors (Lipinski definition) is 1. The van der Waals surface area contributed by atoms with Crippen LogP contribution in [0.15, 0.2) is 0 Å².